The molecule has 1 aliphatic rings. The van der Waals surface area contributed by atoms with Crippen molar-refractivity contribution >= 4 is 5.91 Å². The number of amides is 1. The molecule has 2 aromatic heterocycles. The van der Waals surface area contributed by atoms with Crippen molar-refractivity contribution in [1.29, 1.82) is 0 Å². The van der Waals surface area contributed by atoms with Crippen LogP contribution in [0.15, 0.2) is 35.1 Å². The van der Waals surface area contributed by atoms with Crippen LogP contribution in [0.25, 0.3) is 0 Å². The fourth-order valence-electron chi connectivity index (χ4n) is 3.54. The van der Waals surface area contributed by atoms with Gasteiger partial charge in [-0.05, 0) is 30.5 Å². The molecule has 1 fully saturated rings. The molecule has 0 spiro atoms. The summed E-state index contributed by atoms with van der Waals surface area (Å²) < 4.78 is 5.50. The molecular weight excluding hydrogens is 316 g/mol. The summed E-state index contributed by atoms with van der Waals surface area (Å²) in [6, 6.07) is 6.00. The molecular formula is C19H26N4O2. The third-order valence-corrected chi connectivity index (χ3v) is 4.95. The number of carbonyl (C=O) groups excluding carboxylic acids is 1. The van der Waals surface area contributed by atoms with Crippen LogP contribution in [0.1, 0.15) is 43.2 Å². The summed E-state index contributed by atoms with van der Waals surface area (Å²) in [6.45, 7) is 6.57. The highest BCUT2D eigenvalue weighted by Gasteiger charge is 2.45. The van der Waals surface area contributed by atoms with E-state index >= 15 is 0 Å². The summed E-state index contributed by atoms with van der Waals surface area (Å²) in [6.07, 6.45) is 5.05. The largest absolute Gasteiger partial charge is 0.361 e. The summed E-state index contributed by atoms with van der Waals surface area (Å²) in [5, 5.41) is 6.97. The molecule has 1 N–H and O–H groups in total. The molecule has 0 saturated carbocycles. The molecule has 0 bridgehead atoms. The van der Waals surface area contributed by atoms with E-state index in [4.69, 9.17) is 4.52 Å². The van der Waals surface area contributed by atoms with Gasteiger partial charge < -0.3 is 9.84 Å². The Hall–Kier alpha value is -2.21. The van der Waals surface area contributed by atoms with Gasteiger partial charge in [0.1, 0.15) is 5.76 Å². The molecule has 3 rings (SSSR count). The molecule has 2 aromatic rings. The van der Waals surface area contributed by atoms with E-state index in [0.29, 0.717) is 18.9 Å². The first-order valence-corrected chi connectivity index (χ1v) is 8.81. The van der Waals surface area contributed by atoms with Crippen LogP contribution < -0.4 is 5.32 Å². The lowest BCUT2D eigenvalue weighted by atomic mass is 9.81. The second-order valence-electron chi connectivity index (χ2n) is 7.23. The first-order valence-electron chi connectivity index (χ1n) is 8.81. The van der Waals surface area contributed by atoms with Crippen molar-refractivity contribution < 1.29 is 9.32 Å². The van der Waals surface area contributed by atoms with Crippen molar-refractivity contribution in [3.05, 3.63) is 47.6 Å². The molecule has 0 unspecified atom stereocenters. The Morgan fingerprint density at radius 2 is 2.32 bits per heavy atom. The summed E-state index contributed by atoms with van der Waals surface area (Å²) in [4.78, 5) is 19.2. The Morgan fingerprint density at radius 3 is 2.96 bits per heavy atom. The van der Waals surface area contributed by atoms with Gasteiger partial charge in [0.2, 0.25) is 5.91 Å². The fourth-order valence-corrected chi connectivity index (χ4v) is 3.54. The quantitative estimate of drug-likeness (QED) is 0.873. The molecule has 6 heteroatoms. The number of hydrogen-bond donors (Lipinski definition) is 1. The van der Waals surface area contributed by atoms with Crippen molar-refractivity contribution in [3.63, 3.8) is 0 Å². The van der Waals surface area contributed by atoms with Crippen LogP contribution in [0.2, 0.25) is 0 Å². The fraction of sp³-hybridized carbons (Fsp3) is 0.526. The predicted molar refractivity (Wildman–Crippen MR) is 94.9 cm³/mol. The number of hydrogen-bond acceptors (Lipinski definition) is 5. The lowest BCUT2D eigenvalue weighted by Crippen LogP contribution is -2.43. The van der Waals surface area contributed by atoms with Crippen LogP contribution in [-0.4, -0.2) is 41.1 Å². The third-order valence-electron chi connectivity index (χ3n) is 4.95. The highest BCUT2D eigenvalue weighted by molar-refractivity contribution is 5.83. The van der Waals surface area contributed by atoms with Gasteiger partial charge in [-0.1, -0.05) is 25.1 Å². The second kappa shape index (κ2) is 7.35. The molecule has 0 radical (unpaired) electrons. The first-order chi connectivity index (χ1) is 12.0. The average molecular weight is 342 g/mol. The van der Waals surface area contributed by atoms with Gasteiger partial charge in [-0.2, -0.15) is 0 Å². The van der Waals surface area contributed by atoms with Crippen molar-refractivity contribution in [2.45, 2.75) is 39.2 Å². The van der Waals surface area contributed by atoms with E-state index in [0.717, 1.165) is 36.5 Å². The van der Waals surface area contributed by atoms with Crippen LogP contribution >= 0.6 is 0 Å². The molecule has 3 heterocycles. The number of carbonyl (C=O) groups is 1. The van der Waals surface area contributed by atoms with Crippen molar-refractivity contribution in [2.24, 2.45) is 5.41 Å². The Kier molecular flexibility index (Phi) is 5.18. The zero-order chi connectivity index (χ0) is 17.9. The van der Waals surface area contributed by atoms with E-state index < -0.39 is 5.41 Å². The average Bonchev–Trinajstić information content (AvgIpc) is 3.23. The minimum absolute atomic E-state index is 0.0729. The topological polar surface area (TPSA) is 71.3 Å². The van der Waals surface area contributed by atoms with Crippen LogP contribution in [0.3, 0.4) is 0 Å². The van der Waals surface area contributed by atoms with Gasteiger partial charge in [0.05, 0.1) is 11.1 Å². The van der Waals surface area contributed by atoms with Gasteiger partial charge in [-0.15, -0.1) is 0 Å². The first kappa shape index (κ1) is 17.6. The maximum Gasteiger partial charge on any atom is 0.227 e. The smallest absolute Gasteiger partial charge is 0.227 e. The molecule has 25 heavy (non-hydrogen) atoms. The zero-order valence-electron chi connectivity index (χ0n) is 15.2. The van der Waals surface area contributed by atoms with Crippen LogP contribution in [0.5, 0.6) is 0 Å². The van der Waals surface area contributed by atoms with Crippen LogP contribution in [0.4, 0.5) is 0 Å². The normalized spacial score (nSPS) is 21.0. The molecule has 6 nitrogen and oxygen atoms in total. The molecule has 1 saturated heterocycles. The Labute approximate surface area is 148 Å². The van der Waals surface area contributed by atoms with E-state index in [1.807, 2.05) is 18.3 Å². The number of nitrogens with one attached hydrogen (secondary N) is 1. The minimum atomic E-state index is -0.468. The molecule has 1 amide bonds. The molecule has 1 atom stereocenters. The molecule has 0 aliphatic carbocycles. The third kappa shape index (κ3) is 3.90. The Bertz CT molecular complexity index is 713. The van der Waals surface area contributed by atoms with Crippen molar-refractivity contribution in [2.75, 3.05) is 20.1 Å². The predicted octanol–water partition coefficient (Wildman–Crippen LogP) is 2.37. The summed E-state index contributed by atoms with van der Waals surface area (Å²) in [5.74, 6) is 1.18. The number of rotatable bonds is 6. The monoisotopic (exact) mass is 342 g/mol. The number of nitrogens with zero attached hydrogens (tertiary/aromatic N) is 3. The van der Waals surface area contributed by atoms with E-state index in [1.54, 1.807) is 13.2 Å². The summed E-state index contributed by atoms with van der Waals surface area (Å²) in [7, 11) is 1.70. The number of likely N-dealkylation sites (tertiary alicyclic amines) is 1. The van der Waals surface area contributed by atoms with E-state index in [9.17, 15) is 4.79 Å². The van der Waals surface area contributed by atoms with Gasteiger partial charge in [0, 0.05) is 45.0 Å². The van der Waals surface area contributed by atoms with E-state index in [2.05, 4.69) is 40.3 Å². The zero-order valence-corrected chi connectivity index (χ0v) is 15.2. The SMILES string of the molecule is CNC(=O)[C@@]1(Cc2cc(C(C)C)no2)CCN(Cc2cccnc2)C1. The molecule has 134 valence electrons. The lowest BCUT2D eigenvalue weighted by Gasteiger charge is -2.26. The number of aromatic nitrogens is 2. The van der Waals surface area contributed by atoms with Crippen molar-refractivity contribution in [1.82, 2.24) is 20.4 Å². The van der Waals surface area contributed by atoms with Gasteiger partial charge >= 0.3 is 0 Å². The summed E-state index contributed by atoms with van der Waals surface area (Å²) in [5.41, 5.74) is 1.63. The summed E-state index contributed by atoms with van der Waals surface area (Å²) >= 11 is 0. The van der Waals surface area contributed by atoms with Gasteiger partial charge in [-0.25, -0.2) is 0 Å². The van der Waals surface area contributed by atoms with Crippen LogP contribution in [-0.2, 0) is 17.8 Å². The van der Waals surface area contributed by atoms with Gasteiger partial charge in [-0.3, -0.25) is 14.7 Å². The molecule has 0 aromatic carbocycles. The Balaban J connectivity index is 1.74. The standard InChI is InChI=1S/C19H26N4O2/c1-14(2)17-9-16(25-22-17)10-19(18(24)20-3)6-8-23(13-19)12-15-5-4-7-21-11-15/h4-5,7,9,11,14H,6,8,10,12-13H2,1-3H3,(H,20,24)/t19-/m1/s1. The lowest BCUT2D eigenvalue weighted by molar-refractivity contribution is -0.130. The maximum atomic E-state index is 12.7. The highest BCUT2D eigenvalue weighted by atomic mass is 16.5. The van der Waals surface area contributed by atoms with E-state index in [1.165, 1.54) is 0 Å². The van der Waals surface area contributed by atoms with Gasteiger partial charge in [0.25, 0.3) is 0 Å². The number of pyridine rings is 1. The minimum Gasteiger partial charge on any atom is -0.361 e. The van der Waals surface area contributed by atoms with Gasteiger partial charge in [0.15, 0.2) is 0 Å². The van der Waals surface area contributed by atoms with Crippen molar-refractivity contribution in [3.8, 4) is 0 Å². The highest BCUT2D eigenvalue weighted by Crippen LogP contribution is 2.35. The molecule has 1 aliphatic heterocycles. The second-order valence-corrected chi connectivity index (χ2v) is 7.23. The van der Waals surface area contributed by atoms with Crippen LogP contribution in [0, 0.1) is 5.41 Å². The maximum absolute atomic E-state index is 12.7. The Morgan fingerprint density at radius 1 is 1.48 bits per heavy atom. The van der Waals surface area contributed by atoms with E-state index in [-0.39, 0.29) is 5.91 Å².